The third-order valence-electron chi connectivity index (χ3n) is 3.86. The van der Waals surface area contributed by atoms with Crippen molar-refractivity contribution >= 4 is 15.6 Å². The van der Waals surface area contributed by atoms with Crippen LogP contribution in [0.25, 0.3) is 0 Å². The summed E-state index contributed by atoms with van der Waals surface area (Å²) in [6.45, 7) is 0.136. The Balaban J connectivity index is 2.53. The molecule has 0 amide bonds. The Labute approximate surface area is 172 Å². The van der Waals surface area contributed by atoms with E-state index < -0.39 is 40.8 Å². The van der Waals surface area contributed by atoms with Gasteiger partial charge in [-0.3, -0.25) is 9.13 Å². The monoisotopic (exact) mass is 464 g/mol. The van der Waals surface area contributed by atoms with Gasteiger partial charge in [0.1, 0.15) is 32.4 Å². The van der Waals surface area contributed by atoms with Crippen molar-refractivity contribution in [2.45, 2.75) is 24.9 Å². The zero-order valence-electron chi connectivity index (χ0n) is 17.9. The fourth-order valence-corrected chi connectivity index (χ4v) is 3.83. The van der Waals surface area contributed by atoms with E-state index in [4.69, 9.17) is 22.8 Å². The number of likely N-dealkylation sites (N-methyl/N-ethyl adjacent to an activating group) is 2. The largest absolute Gasteiger partial charge is 0.756 e. The quantitative estimate of drug-likeness (QED) is 0.263. The van der Waals surface area contributed by atoms with Gasteiger partial charge in [0.25, 0.3) is 15.6 Å². The highest BCUT2D eigenvalue weighted by molar-refractivity contribution is 7.46. The fourth-order valence-electron chi connectivity index (χ4n) is 2.20. The molecule has 29 heavy (non-hydrogen) atoms. The second-order valence-corrected chi connectivity index (χ2v) is 11.7. The summed E-state index contributed by atoms with van der Waals surface area (Å²) in [6.07, 6.45) is -3.77. The molecule has 0 aromatic carbocycles. The molecule has 1 aliphatic heterocycles. The maximum atomic E-state index is 12.0. The average Bonchev–Trinajstić information content (AvgIpc) is 2.81. The molecule has 1 heterocycles. The van der Waals surface area contributed by atoms with Gasteiger partial charge in [-0.15, -0.1) is 0 Å². The van der Waals surface area contributed by atoms with E-state index in [0.29, 0.717) is 22.1 Å². The van der Waals surface area contributed by atoms with Gasteiger partial charge < -0.3 is 46.7 Å². The Morgan fingerprint density at radius 1 is 0.931 bits per heavy atom. The lowest BCUT2D eigenvalue weighted by Gasteiger charge is -2.31. The molecule has 5 atom stereocenters. The minimum atomic E-state index is -4.68. The molecule has 0 bridgehead atoms. The van der Waals surface area contributed by atoms with Crippen LogP contribution < -0.4 is 9.79 Å². The molecular weight excluding hydrogens is 430 g/mol. The van der Waals surface area contributed by atoms with Crippen LogP contribution in [-0.2, 0) is 32.0 Å². The average molecular weight is 464 g/mol. The molecule has 0 aromatic heterocycles. The number of quaternary nitrogens is 2. The minimum absolute atomic E-state index is 0.0752. The second kappa shape index (κ2) is 10.6. The molecule has 0 aliphatic carbocycles. The lowest BCUT2D eigenvalue weighted by Crippen LogP contribution is -2.38. The predicted octanol–water partition coefficient (Wildman–Crippen LogP) is -1.12. The first-order valence-corrected chi connectivity index (χ1v) is 12.1. The van der Waals surface area contributed by atoms with Crippen molar-refractivity contribution in [3.8, 4) is 0 Å². The van der Waals surface area contributed by atoms with Crippen LogP contribution in [0, 0.1) is 0 Å². The van der Waals surface area contributed by atoms with Crippen molar-refractivity contribution < 1.29 is 55.8 Å². The first-order valence-electron chi connectivity index (χ1n) is 9.17. The molecule has 3 unspecified atom stereocenters. The topological polar surface area (TPSA) is 147 Å². The van der Waals surface area contributed by atoms with Crippen LogP contribution in [0.3, 0.4) is 0 Å². The van der Waals surface area contributed by atoms with Crippen molar-refractivity contribution in [3.05, 3.63) is 0 Å². The van der Waals surface area contributed by atoms with Crippen molar-refractivity contribution in [1.29, 1.82) is 0 Å². The summed E-state index contributed by atoms with van der Waals surface area (Å²) in [4.78, 5) is 23.9. The van der Waals surface area contributed by atoms with E-state index in [0.717, 1.165) is 0 Å². The highest BCUT2D eigenvalue weighted by Crippen LogP contribution is 2.44. The van der Waals surface area contributed by atoms with E-state index >= 15 is 0 Å². The fraction of sp³-hybridized carbons (Fsp3) is 1.00. The van der Waals surface area contributed by atoms with Crippen LogP contribution in [-0.4, -0.2) is 108 Å². The van der Waals surface area contributed by atoms with Gasteiger partial charge in [-0.2, -0.15) is 0 Å². The van der Waals surface area contributed by atoms with Crippen molar-refractivity contribution in [1.82, 2.24) is 0 Å². The Morgan fingerprint density at radius 3 is 1.90 bits per heavy atom. The number of phosphoric ester groups is 2. The molecule has 0 spiro atoms. The summed E-state index contributed by atoms with van der Waals surface area (Å²) in [7, 11) is 1.94. The van der Waals surface area contributed by atoms with Crippen molar-refractivity contribution in [3.63, 3.8) is 0 Å². The molecule has 0 aromatic rings. The van der Waals surface area contributed by atoms with Gasteiger partial charge in [0.05, 0.1) is 55.0 Å². The highest BCUT2D eigenvalue weighted by atomic mass is 31.2. The van der Waals surface area contributed by atoms with Gasteiger partial charge >= 0.3 is 0 Å². The van der Waals surface area contributed by atoms with Crippen LogP contribution in [0.1, 0.15) is 6.42 Å². The van der Waals surface area contributed by atoms with Crippen molar-refractivity contribution in [2.75, 3.05) is 75.2 Å². The van der Waals surface area contributed by atoms with Crippen LogP contribution in [0.4, 0.5) is 0 Å². The van der Waals surface area contributed by atoms with Gasteiger partial charge in [-0.05, 0) is 0 Å². The molecular formula is C15H34N2O10P2. The van der Waals surface area contributed by atoms with Crippen LogP contribution in [0.2, 0.25) is 0 Å². The normalized spacial score (nSPS) is 27.6. The molecule has 1 fully saturated rings. The van der Waals surface area contributed by atoms with E-state index in [2.05, 4.69) is 0 Å². The van der Waals surface area contributed by atoms with Crippen LogP contribution in [0.15, 0.2) is 0 Å². The van der Waals surface area contributed by atoms with Gasteiger partial charge in [-0.1, -0.05) is 0 Å². The lowest BCUT2D eigenvalue weighted by molar-refractivity contribution is -0.870. The number of phosphoric acid groups is 2. The van der Waals surface area contributed by atoms with E-state index in [1.807, 2.05) is 42.3 Å². The maximum absolute atomic E-state index is 12.0. The van der Waals surface area contributed by atoms with Gasteiger partial charge in [0.15, 0.2) is 6.29 Å². The van der Waals surface area contributed by atoms with Gasteiger partial charge in [0, 0.05) is 6.42 Å². The van der Waals surface area contributed by atoms with E-state index in [1.165, 1.54) is 0 Å². The molecule has 12 nitrogen and oxygen atoms in total. The lowest BCUT2D eigenvalue weighted by atomic mass is 10.2. The summed E-state index contributed by atoms with van der Waals surface area (Å²) in [5.41, 5.74) is 0. The van der Waals surface area contributed by atoms with Crippen LogP contribution in [0.5, 0.6) is 0 Å². The van der Waals surface area contributed by atoms with Gasteiger partial charge in [-0.25, -0.2) is 0 Å². The van der Waals surface area contributed by atoms with E-state index in [9.17, 15) is 24.0 Å². The number of nitrogens with zero attached hydrogens (tertiary/aromatic N) is 2. The third kappa shape index (κ3) is 12.5. The summed E-state index contributed by atoms with van der Waals surface area (Å²) in [5, 5.41) is 9.64. The molecule has 1 saturated heterocycles. The first kappa shape index (κ1) is 27.1. The number of aliphatic hydroxyl groups is 1. The molecule has 1 rings (SSSR count). The molecule has 1 N–H and O–H groups in total. The molecule has 174 valence electrons. The van der Waals surface area contributed by atoms with E-state index in [1.54, 1.807) is 0 Å². The first-order chi connectivity index (χ1) is 13.0. The smallest absolute Gasteiger partial charge is 0.268 e. The standard InChI is InChI=1S/C15H34N2O10P2/c1-16(2,3)7-9-23-28(19,20)25-12-14-13(11-15(18)26-14)27-29(21,22)24-10-8-17(4,5)6/h13-15,18H,7-12H2,1-6H3/t13-,14+,15?/m0/s1. The Morgan fingerprint density at radius 2 is 1.41 bits per heavy atom. The molecule has 14 heteroatoms. The van der Waals surface area contributed by atoms with Crippen molar-refractivity contribution in [2.24, 2.45) is 0 Å². The molecule has 0 saturated carbocycles. The number of hydrogen-bond donors (Lipinski definition) is 1. The number of ether oxygens (including phenoxy) is 1. The molecule has 1 aliphatic rings. The predicted molar refractivity (Wildman–Crippen MR) is 99.2 cm³/mol. The second-order valence-electron chi connectivity index (χ2n) is 8.89. The summed E-state index contributed by atoms with van der Waals surface area (Å²) >= 11 is 0. The highest BCUT2D eigenvalue weighted by Gasteiger charge is 2.38. The van der Waals surface area contributed by atoms with E-state index in [-0.39, 0.29) is 19.6 Å². The summed E-state index contributed by atoms with van der Waals surface area (Å²) in [5.74, 6) is 0. The zero-order valence-corrected chi connectivity index (χ0v) is 19.7. The molecule has 0 radical (unpaired) electrons. The summed E-state index contributed by atoms with van der Waals surface area (Å²) in [6, 6.07) is 0. The zero-order chi connectivity index (χ0) is 22.5. The minimum Gasteiger partial charge on any atom is -0.756 e. The van der Waals surface area contributed by atoms with Gasteiger partial charge in [0.2, 0.25) is 0 Å². The summed E-state index contributed by atoms with van der Waals surface area (Å²) < 4.78 is 49.3. The SMILES string of the molecule is C[N+](C)(C)CCOP(=O)([O-])OC[C@H]1OC(O)C[C@@H]1OP(=O)([O-])OCC[N+](C)(C)C. The van der Waals surface area contributed by atoms with Crippen LogP contribution >= 0.6 is 15.6 Å². The number of rotatable bonds is 13. The Bertz CT molecular complexity index is 607. The Kier molecular flexibility index (Phi) is 9.89. The third-order valence-corrected chi connectivity index (χ3v) is 5.86. The number of hydrogen-bond acceptors (Lipinski definition) is 10. The maximum Gasteiger partial charge on any atom is 0.268 e. The number of aliphatic hydroxyl groups excluding tert-OH is 1. The Hall–Kier alpha value is 0.0600.